The van der Waals surface area contributed by atoms with Gasteiger partial charge in [-0.1, -0.05) is 6.92 Å². The van der Waals surface area contributed by atoms with E-state index in [1.54, 1.807) is 18.3 Å². The number of rotatable bonds is 5. The molecule has 1 heterocycles. The van der Waals surface area contributed by atoms with Crippen LogP contribution in [0.4, 0.5) is 11.5 Å². The molecule has 1 rings (SSSR count). The number of carbonyl (C=O) groups is 1. The van der Waals surface area contributed by atoms with Crippen LogP contribution in [0, 0.1) is 0 Å². The van der Waals surface area contributed by atoms with Crippen molar-refractivity contribution in [2.24, 2.45) is 0 Å². The number of carbonyl (C=O) groups excluding carboxylic acids is 1. The molecule has 1 aromatic rings. The zero-order valence-electron chi connectivity index (χ0n) is 8.79. The lowest BCUT2D eigenvalue weighted by Gasteiger charge is -2.08. The Balaban J connectivity index is 2.26. The fourth-order valence-corrected chi connectivity index (χ4v) is 1.07. The van der Waals surface area contributed by atoms with Crippen molar-refractivity contribution in [3.8, 4) is 0 Å². The van der Waals surface area contributed by atoms with Gasteiger partial charge < -0.3 is 16.4 Å². The Hall–Kier alpha value is -1.78. The first-order valence-corrected chi connectivity index (χ1v) is 4.95. The van der Waals surface area contributed by atoms with Crippen LogP contribution >= 0.6 is 0 Å². The van der Waals surface area contributed by atoms with Crippen molar-refractivity contribution in [3.63, 3.8) is 0 Å². The number of anilines is 2. The zero-order valence-corrected chi connectivity index (χ0v) is 8.79. The van der Waals surface area contributed by atoms with Gasteiger partial charge in [0.2, 0.25) is 5.91 Å². The summed E-state index contributed by atoms with van der Waals surface area (Å²) in [5, 5.41) is 5.79. The smallest absolute Gasteiger partial charge is 0.219 e. The van der Waals surface area contributed by atoms with E-state index in [0.717, 1.165) is 0 Å². The van der Waals surface area contributed by atoms with E-state index >= 15 is 0 Å². The molecule has 0 radical (unpaired) electrons. The van der Waals surface area contributed by atoms with Gasteiger partial charge in [-0.2, -0.15) is 0 Å². The number of hydrogen-bond donors (Lipinski definition) is 3. The number of nitrogens with one attached hydrogen (secondary N) is 2. The summed E-state index contributed by atoms with van der Waals surface area (Å²) in [7, 11) is 0. The van der Waals surface area contributed by atoms with Gasteiger partial charge in [0.15, 0.2) is 0 Å². The first kappa shape index (κ1) is 11.3. The van der Waals surface area contributed by atoms with Crippen molar-refractivity contribution in [3.05, 3.63) is 18.3 Å². The first-order chi connectivity index (χ1) is 7.24. The molecule has 4 N–H and O–H groups in total. The summed E-state index contributed by atoms with van der Waals surface area (Å²) >= 11 is 0. The lowest BCUT2D eigenvalue weighted by molar-refractivity contribution is -0.120. The molecular formula is C10H16N4O. The Kier molecular flexibility index (Phi) is 4.40. The minimum absolute atomic E-state index is 0.0470. The van der Waals surface area contributed by atoms with Crippen molar-refractivity contribution < 1.29 is 4.79 Å². The molecule has 0 atom stereocenters. The third-order valence-corrected chi connectivity index (χ3v) is 1.90. The monoisotopic (exact) mass is 208 g/mol. The highest BCUT2D eigenvalue weighted by atomic mass is 16.1. The maximum atomic E-state index is 10.9. The summed E-state index contributed by atoms with van der Waals surface area (Å²) < 4.78 is 0. The van der Waals surface area contributed by atoms with Crippen LogP contribution in [-0.2, 0) is 4.79 Å². The van der Waals surface area contributed by atoms with Crippen LogP contribution in [-0.4, -0.2) is 24.0 Å². The summed E-state index contributed by atoms with van der Waals surface area (Å²) in [4.78, 5) is 15.0. The average molecular weight is 208 g/mol. The van der Waals surface area contributed by atoms with Crippen molar-refractivity contribution in [1.29, 1.82) is 0 Å². The van der Waals surface area contributed by atoms with Crippen LogP contribution < -0.4 is 16.4 Å². The van der Waals surface area contributed by atoms with E-state index in [9.17, 15) is 4.79 Å². The van der Waals surface area contributed by atoms with Crippen LogP contribution in [0.2, 0.25) is 0 Å². The van der Waals surface area contributed by atoms with E-state index in [1.807, 2.05) is 6.92 Å². The number of nitrogens with zero attached hydrogens (tertiary/aromatic N) is 1. The standard InChI is InChI=1S/C10H16N4O/c1-2-9(15)12-6-7-14-10-8(11)4-3-5-13-10/h3-5H,2,6-7,11H2,1H3,(H,12,15)(H,13,14). The quantitative estimate of drug-likeness (QED) is 0.619. The van der Waals surface area contributed by atoms with Gasteiger partial charge in [-0.05, 0) is 12.1 Å². The van der Waals surface area contributed by atoms with E-state index in [0.29, 0.717) is 31.0 Å². The molecule has 0 spiro atoms. The summed E-state index contributed by atoms with van der Waals surface area (Å²) in [5.41, 5.74) is 6.29. The van der Waals surface area contributed by atoms with Gasteiger partial charge in [-0.3, -0.25) is 4.79 Å². The van der Waals surface area contributed by atoms with E-state index in [4.69, 9.17) is 5.73 Å². The zero-order chi connectivity index (χ0) is 11.1. The second-order valence-corrected chi connectivity index (χ2v) is 3.07. The SMILES string of the molecule is CCC(=O)NCCNc1ncccc1N. The Labute approximate surface area is 89.1 Å². The maximum absolute atomic E-state index is 10.9. The largest absolute Gasteiger partial charge is 0.396 e. The van der Waals surface area contributed by atoms with E-state index < -0.39 is 0 Å². The fourth-order valence-electron chi connectivity index (χ4n) is 1.07. The third kappa shape index (κ3) is 3.84. The normalized spacial score (nSPS) is 9.67. The van der Waals surface area contributed by atoms with Crippen LogP contribution in [0.1, 0.15) is 13.3 Å². The Morgan fingerprint density at radius 1 is 1.53 bits per heavy atom. The molecule has 0 aliphatic heterocycles. The van der Waals surface area contributed by atoms with E-state index in [2.05, 4.69) is 15.6 Å². The molecule has 1 amide bonds. The molecule has 1 aromatic heterocycles. The van der Waals surface area contributed by atoms with Crippen LogP contribution in [0.5, 0.6) is 0 Å². The summed E-state index contributed by atoms with van der Waals surface area (Å²) in [5.74, 6) is 0.703. The maximum Gasteiger partial charge on any atom is 0.219 e. The second kappa shape index (κ2) is 5.85. The highest BCUT2D eigenvalue weighted by molar-refractivity contribution is 5.75. The molecule has 0 aromatic carbocycles. The number of nitrogen functional groups attached to an aromatic ring is 1. The first-order valence-electron chi connectivity index (χ1n) is 4.95. The third-order valence-electron chi connectivity index (χ3n) is 1.90. The number of pyridine rings is 1. The van der Waals surface area contributed by atoms with Gasteiger partial charge in [0.1, 0.15) is 5.82 Å². The average Bonchev–Trinajstić information content (AvgIpc) is 2.26. The minimum Gasteiger partial charge on any atom is -0.396 e. The van der Waals surface area contributed by atoms with Crippen molar-refractivity contribution in [1.82, 2.24) is 10.3 Å². The highest BCUT2D eigenvalue weighted by Crippen LogP contribution is 2.11. The number of amides is 1. The van der Waals surface area contributed by atoms with Crippen LogP contribution in [0.25, 0.3) is 0 Å². The fraction of sp³-hybridized carbons (Fsp3) is 0.400. The molecule has 0 saturated heterocycles. The van der Waals surface area contributed by atoms with Crippen molar-refractivity contribution in [2.75, 3.05) is 24.1 Å². The van der Waals surface area contributed by atoms with Gasteiger partial charge in [0, 0.05) is 25.7 Å². The Morgan fingerprint density at radius 3 is 3.00 bits per heavy atom. The van der Waals surface area contributed by atoms with Gasteiger partial charge in [-0.15, -0.1) is 0 Å². The van der Waals surface area contributed by atoms with Crippen LogP contribution in [0.15, 0.2) is 18.3 Å². The molecule has 82 valence electrons. The van der Waals surface area contributed by atoms with Crippen LogP contribution in [0.3, 0.4) is 0 Å². The molecule has 0 aliphatic rings. The van der Waals surface area contributed by atoms with Gasteiger partial charge in [-0.25, -0.2) is 4.98 Å². The van der Waals surface area contributed by atoms with E-state index in [1.165, 1.54) is 0 Å². The topological polar surface area (TPSA) is 80.0 Å². The molecular weight excluding hydrogens is 192 g/mol. The second-order valence-electron chi connectivity index (χ2n) is 3.07. The molecule has 0 saturated carbocycles. The lowest BCUT2D eigenvalue weighted by atomic mass is 10.4. The number of nitrogens with two attached hydrogens (primary N) is 1. The molecule has 0 bridgehead atoms. The molecule has 0 unspecified atom stereocenters. The molecule has 5 heteroatoms. The highest BCUT2D eigenvalue weighted by Gasteiger charge is 1.98. The van der Waals surface area contributed by atoms with Gasteiger partial charge in [0.25, 0.3) is 0 Å². The van der Waals surface area contributed by atoms with Gasteiger partial charge >= 0.3 is 0 Å². The Bertz CT molecular complexity index is 327. The molecule has 15 heavy (non-hydrogen) atoms. The van der Waals surface area contributed by atoms with Crippen molar-refractivity contribution in [2.45, 2.75) is 13.3 Å². The lowest BCUT2D eigenvalue weighted by Crippen LogP contribution is -2.28. The van der Waals surface area contributed by atoms with Crippen molar-refractivity contribution >= 4 is 17.4 Å². The predicted molar refractivity (Wildman–Crippen MR) is 60.4 cm³/mol. The molecule has 0 aliphatic carbocycles. The predicted octanol–water partition coefficient (Wildman–Crippen LogP) is 0.602. The molecule has 5 nitrogen and oxygen atoms in total. The number of aromatic nitrogens is 1. The minimum atomic E-state index is 0.0470. The summed E-state index contributed by atoms with van der Waals surface area (Å²) in [6.07, 6.45) is 2.18. The molecule has 0 fully saturated rings. The summed E-state index contributed by atoms with van der Waals surface area (Å²) in [6.45, 7) is 3.01. The number of hydrogen-bond acceptors (Lipinski definition) is 4. The van der Waals surface area contributed by atoms with E-state index in [-0.39, 0.29) is 5.91 Å². The summed E-state index contributed by atoms with van der Waals surface area (Å²) in [6, 6.07) is 3.55. The van der Waals surface area contributed by atoms with Gasteiger partial charge in [0.05, 0.1) is 5.69 Å². The Morgan fingerprint density at radius 2 is 2.33 bits per heavy atom.